The van der Waals surface area contributed by atoms with Crippen molar-refractivity contribution in [3.8, 4) is 11.8 Å². The normalized spacial score (nSPS) is 19.6. The Bertz CT molecular complexity index is 391. The van der Waals surface area contributed by atoms with Gasteiger partial charge in [-0.05, 0) is 44.0 Å². The van der Waals surface area contributed by atoms with E-state index in [1.807, 2.05) is 12.1 Å². The molecule has 0 aromatic heterocycles. The molecular formula is C14H18N2O. The molecule has 3 nitrogen and oxygen atoms in total. The largest absolute Gasteiger partial charge is 0.493 e. The van der Waals surface area contributed by atoms with Crippen LogP contribution in [0.2, 0.25) is 0 Å². The molecule has 1 unspecified atom stereocenters. The Balaban J connectivity index is 1.75. The van der Waals surface area contributed by atoms with Gasteiger partial charge in [-0.15, -0.1) is 0 Å². The molecule has 0 bridgehead atoms. The topological polar surface area (TPSA) is 45.0 Å². The van der Waals surface area contributed by atoms with Gasteiger partial charge in [0, 0.05) is 6.04 Å². The van der Waals surface area contributed by atoms with Crippen molar-refractivity contribution in [1.29, 1.82) is 5.26 Å². The zero-order chi connectivity index (χ0) is 11.9. The van der Waals surface area contributed by atoms with Crippen molar-refractivity contribution in [2.24, 2.45) is 0 Å². The summed E-state index contributed by atoms with van der Waals surface area (Å²) in [4.78, 5) is 0. The molecule has 1 saturated heterocycles. The minimum absolute atomic E-state index is 0.600. The van der Waals surface area contributed by atoms with E-state index in [-0.39, 0.29) is 0 Å². The molecule has 0 radical (unpaired) electrons. The molecule has 1 heterocycles. The zero-order valence-corrected chi connectivity index (χ0v) is 9.98. The lowest BCUT2D eigenvalue weighted by molar-refractivity contribution is 0.268. The molecule has 0 spiro atoms. The van der Waals surface area contributed by atoms with Crippen molar-refractivity contribution in [3.63, 3.8) is 0 Å². The Labute approximate surface area is 102 Å². The van der Waals surface area contributed by atoms with Crippen LogP contribution in [0.4, 0.5) is 0 Å². The van der Waals surface area contributed by atoms with Gasteiger partial charge < -0.3 is 10.1 Å². The van der Waals surface area contributed by atoms with E-state index < -0.39 is 0 Å². The standard InChI is InChI=1S/C14H18N2O/c15-11-12-4-3-6-14(10-12)17-9-7-13-5-1-2-8-16-13/h3-4,6,10,13,16H,1-2,5,7-9H2. The van der Waals surface area contributed by atoms with Crippen molar-refractivity contribution in [2.45, 2.75) is 31.7 Å². The summed E-state index contributed by atoms with van der Waals surface area (Å²) in [5, 5.41) is 12.3. The molecule has 1 aromatic carbocycles. The summed E-state index contributed by atoms with van der Waals surface area (Å²) in [6.45, 7) is 1.85. The second-order valence-corrected chi connectivity index (χ2v) is 4.42. The van der Waals surface area contributed by atoms with E-state index in [2.05, 4.69) is 11.4 Å². The highest BCUT2D eigenvalue weighted by Gasteiger charge is 2.11. The number of nitrogens with zero attached hydrogens (tertiary/aromatic N) is 1. The number of ether oxygens (including phenoxy) is 1. The summed E-state index contributed by atoms with van der Waals surface area (Å²) in [6, 6.07) is 10.0. The number of rotatable bonds is 4. The van der Waals surface area contributed by atoms with Gasteiger partial charge in [-0.1, -0.05) is 12.5 Å². The molecule has 1 N–H and O–H groups in total. The van der Waals surface area contributed by atoms with Crippen LogP contribution in [0.3, 0.4) is 0 Å². The van der Waals surface area contributed by atoms with E-state index in [0.717, 1.165) is 18.7 Å². The van der Waals surface area contributed by atoms with E-state index in [1.165, 1.54) is 19.3 Å². The van der Waals surface area contributed by atoms with Gasteiger partial charge in [0.1, 0.15) is 5.75 Å². The van der Waals surface area contributed by atoms with Crippen molar-refractivity contribution >= 4 is 0 Å². The van der Waals surface area contributed by atoms with Crippen molar-refractivity contribution in [3.05, 3.63) is 29.8 Å². The Hall–Kier alpha value is -1.53. The highest BCUT2D eigenvalue weighted by molar-refractivity contribution is 5.36. The van der Waals surface area contributed by atoms with E-state index in [1.54, 1.807) is 12.1 Å². The van der Waals surface area contributed by atoms with Gasteiger partial charge in [0.25, 0.3) is 0 Å². The molecule has 1 aliphatic rings. The van der Waals surface area contributed by atoms with Crippen LogP contribution in [0, 0.1) is 11.3 Å². The van der Waals surface area contributed by atoms with Gasteiger partial charge in [0.05, 0.1) is 18.2 Å². The maximum Gasteiger partial charge on any atom is 0.120 e. The molecule has 0 saturated carbocycles. The minimum atomic E-state index is 0.600. The Kier molecular flexibility index (Phi) is 4.40. The quantitative estimate of drug-likeness (QED) is 0.864. The summed E-state index contributed by atoms with van der Waals surface area (Å²) in [7, 11) is 0. The van der Waals surface area contributed by atoms with Crippen molar-refractivity contribution < 1.29 is 4.74 Å². The fraction of sp³-hybridized carbons (Fsp3) is 0.500. The smallest absolute Gasteiger partial charge is 0.120 e. The monoisotopic (exact) mass is 230 g/mol. The second-order valence-electron chi connectivity index (χ2n) is 4.42. The fourth-order valence-electron chi connectivity index (χ4n) is 2.14. The average molecular weight is 230 g/mol. The summed E-state index contributed by atoms with van der Waals surface area (Å²) in [5.41, 5.74) is 0.651. The van der Waals surface area contributed by atoms with Crippen LogP contribution in [0.5, 0.6) is 5.75 Å². The lowest BCUT2D eigenvalue weighted by Crippen LogP contribution is -2.35. The molecule has 3 heteroatoms. The third kappa shape index (κ3) is 3.76. The highest BCUT2D eigenvalue weighted by Crippen LogP contribution is 2.14. The van der Waals surface area contributed by atoms with Gasteiger partial charge in [0.2, 0.25) is 0 Å². The third-order valence-electron chi connectivity index (χ3n) is 3.11. The lowest BCUT2D eigenvalue weighted by Gasteiger charge is -2.23. The Morgan fingerprint density at radius 3 is 3.12 bits per heavy atom. The summed E-state index contributed by atoms with van der Waals surface area (Å²) in [6.07, 6.45) is 4.90. The predicted molar refractivity (Wildman–Crippen MR) is 66.9 cm³/mol. The first-order valence-electron chi connectivity index (χ1n) is 6.25. The van der Waals surface area contributed by atoms with Crippen LogP contribution in [-0.2, 0) is 0 Å². The number of nitrogens with one attached hydrogen (secondary N) is 1. The van der Waals surface area contributed by atoms with Gasteiger partial charge in [-0.25, -0.2) is 0 Å². The number of piperidine rings is 1. The van der Waals surface area contributed by atoms with E-state index >= 15 is 0 Å². The number of hydrogen-bond donors (Lipinski definition) is 1. The SMILES string of the molecule is N#Cc1cccc(OCCC2CCCCN2)c1. The van der Waals surface area contributed by atoms with E-state index in [0.29, 0.717) is 18.2 Å². The summed E-state index contributed by atoms with van der Waals surface area (Å²) >= 11 is 0. The maximum absolute atomic E-state index is 8.78. The average Bonchev–Trinajstić information content (AvgIpc) is 2.40. The highest BCUT2D eigenvalue weighted by atomic mass is 16.5. The van der Waals surface area contributed by atoms with Gasteiger partial charge in [0.15, 0.2) is 0 Å². The zero-order valence-electron chi connectivity index (χ0n) is 9.98. The molecule has 1 fully saturated rings. The van der Waals surface area contributed by atoms with E-state index in [4.69, 9.17) is 10.00 Å². The molecule has 17 heavy (non-hydrogen) atoms. The van der Waals surface area contributed by atoms with Gasteiger partial charge in [-0.3, -0.25) is 0 Å². The molecule has 1 aromatic rings. The molecular weight excluding hydrogens is 212 g/mol. The van der Waals surface area contributed by atoms with Crippen LogP contribution in [0.25, 0.3) is 0 Å². The molecule has 0 amide bonds. The fourth-order valence-corrected chi connectivity index (χ4v) is 2.14. The van der Waals surface area contributed by atoms with Crippen molar-refractivity contribution in [2.75, 3.05) is 13.2 Å². The minimum Gasteiger partial charge on any atom is -0.493 e. The van der Waals surface area contributed by atoms with Crippen LogP contribution >= 0.6 is 0 Å². The van der Waals surface area contributed by atoms with Crippen LogP contribution < -0.4 is 10.1 Å². The molecule has 2 rings (SSSR count). The van der Waals surface area contributed by atoms with Crippen LogP contribution in [0.1, 0.15) is 31.2 Å². The first-order valence-corrected chi connectivity index (χ1v) is 6.25. The number of nitriles is 1. The molecule has 1 aliphatic heterocycles. The van der Waals surface area contributed by atoms with Crippen LogP contribution in [-0.4, -0.2) is 19.2 Å². The van der Waals surface area contributed by atoms with Gasteiger partial charge >= 0.3 is 0 Å². The van der Waals surface area contributed by atoms with Crippen molar-refractivity contribution in [1.82, 2.24) is 5.32 Å². The molecule has 90 valence electrons. The summed E-state index contributed by atoms with van der Waals surface area (Å²) in [5.74, 6) is 0.792. The lowest BCUT2D eigenvalue weighted by atomic mass is 10.0. The number of benzene rings is 1. The first kappa shape index (κ1) is 11.9. The second kappa shape index (κ2) is 6.27. The number of hydrogen-bond acceptors (Lipinski definition) is 3. The van der Waals surface area contributed by atoms with Gasteiger partial charge in [-0.2, -0.15) is 5.26 Å². The van der Waals surface area contributed by atoms with E-state index in [9.17, 15) is 0 Å². The maximum atomic E-state index is 8.78. The van der Waals surface area contributed by atoms with Crippen LogP contribution in [0.15, 0.2) is 24.3 Å². The Morgan fingerprint density at radius 1 is 1.41 bits per heavy atom. The molecule has 1 atom stereocenters. The third-order valence-corrected chi connectivity index (χ3v) is 3.11. The predicted octanol–water partition coefficient (Wildman–Crippen LogP) is 2.47. The summed E-state index contributed by atoms with van der Waals surface area (Å²) < 4.78 is 5.66. The molecule has 0 aliphatic carbocycles. The Morgan fingerprint density at radius 2 is 2.35 bits per heavy atom. The first-order chi connectivity index (χ1) is 8.38.